The second-order valence-electron chi connectivity index (χ2n) is 2.76. The Morgan fingerprint density at radius 2 is 1.50 bits per heavy atom. The van der Waals surface area contributed by atoms with Crippen molar-refractivity contribution in [2.45, 2.75) is 6.04 Å². The molecule has 5 N–H and O–H groups in total. The van der Waals surface area contributed by atoms with E-state index in [0.717, 1.165) is 18.2 Å². The first-order chi connectivity index (χ1) is 7.45. The number of rotatable bonds is 6. The zero-order valence-electron chi connectivity index (χ0n) is 8.55. The lowest BCUT2D eigenvalue weighted by atomic mass is 10.2. The second-order valence-corrected chi connectivity index (χ2v) is 2.76. The Morgan fingerprint density at radius 3 is 1.81 bits per heavy atom. The molecule has 0 spiro atoms. The molecule has 16 heavy (non-hydrogen) atoms. The molecule has 0 aliphatic carbocycles. The predicted molar refractivity (Wildman–Crippen MR) is 58.8 cm³/mol. The Kier molecular flexibility index (Phi) is 5.96. The zero-order valence-corrected chi connectivity index (χ0v) is 8.55. The minimum absolute atomic E-state index is 0.451. The third kappa shape index (κ3) is 7.07. The molecule has 0 bridgehead atoms. The van der Waals surface area contributed by atoms with Crippen molar-refractivity contribution in [3.63, 3.8) is 0 Å². The van der Waals surface area contributed by atoms with Crippen LogP contribution in [0.25, 0.3) is 0 Å². The number of amides is 3. The highest BCUT2D eigenvalue weighted by Gasteiger charge is 2.03. The Bertz CT molecular complexity index is 334. The zero-order chi connectivity index (χ0) is 12.6. The Morgan fingerprint density at radius 1 is 1.06 bits per heavy atom. The lowest BCUT2D eigenvalue weighted by Crippen LogP contribution is -2.31. The molecule has 6 heteroatoms. The Balaban J connectivity index is 4.62. The van der Waals surface area contributed by atoms with E-state index in [4.69, 9.17) is 11.5 Å². The fourth-order valence-electron chi connectivity index (χ4n) is 0.781. The fourth-order valence-corrected chi connectivity index (χ4v) is 0.781. The highest BCUT2D eigenvalue weighted by Crippen LogP contribution is 1.90. The summed E-state index contributed by atoms with van der Waals surface area (Å²) in [6.07, 6.45) is 5.84. The summed E-state index contributed by atoms with van der Waals surface area (Å²) < 4.78 is 0. The molecule has 86 valence electrons. The molecule has 0 radical (unpaired) electrons. The van der Waals surface area contributed by atoms with Crippen molar-refractivity contribution in [2.24, 2.45) is 11.5 Å². The van der Waals surface area contributed by atoms with Crippen LogP contribution in [0.2, 0.25) is 0 Å². The van der Waals surface area contributed by atoms with Crippen LogP contribution >= 0.6 is 0 Å². The Hall–Kier alpha value is -2.37. The largest absolute Gasteiger partial charge is 0.366 e. The molecular weight excluding hydrogens is 210 g/mol. The molecule has 0 fully saturated rings. The van der Waals surface area contributed by atoms with Gasteiger partial charge in [0.2, 0.25) is 17.7 Å². The number of nitrogens with two attached hydrogens (primary N) is 2. The van der Waals surface area contributed by atoms with Crippen LogP contribution in [0, 0.1) is 0 Å². The summed E-state index contributed by atoms with van der Waals surface area (Å²) in [6, 6.07) is -0.648. The van der Waals surface area contributed by atoms with Gasteiger partial charge in [0.1, 0.15) is 0 Å². The topological polar surface area (TPSA) is 115 Å². The first-order valence-corrected chi connectivity index (χ1v) is 4.34. The van der Waals surface area contributed by atoms with Gasteiger partial charge in [0.05, 0.1) is 6.04 Å². The SMILES string of the molecule is C=CC(=O)NC(C=CC(N)=O)C=CC(N)=O. The molecule has 0 aromatic heterocycles. The number of nitrogens with one attached hydrogen (secondary N) is 1. The number of carbonyl (C=O) groups is 3. The molecule has 0 aromatic carbocycles. The molecule has 0 aromatic rings. The van der Waals surface area contributed by atoms with Gasteiger partial charge in [0.25, 0.3) is 0 Å². The van der Waals surface area contributed by atoms with E-state index in [1.807, 2.05) is 0 Å². The van der Waals surface area contributed by atoms with Crippen molar-refractivity contribution in [3.8, 4) is 0 Å². The van der Waals surface area contributed by atoms with Crippen LogP contribution in [0.5, 0.6) is 0 Å². The van der Waals surface area contributed by atoms with Crippen LogP contribution in [-0.4, -0.2) is 23.8 Å². The van der Waals surface area contributed by atoms with Crippen molar-refractivity contribution in [1.82, 2.24) is 5.32 Å². The van der Waals surface area contributed by atoms with Crippen LogP contribution < -0.4 is 16.8 Å². The summed E-state index contributed by atoms with van der Waals surface area (Å²) in [5, 5.41) is 2.43. The van der Waals surface area contributed by atoms with Gasteiger partial charge >= 0.3 is 0 Å². The summed E-state index contributed by atoms with van der Waals surface area (Å²) in [5.74, 6) is -1.77. The van der Waals surface area contributed by atoms with Gasteiger partial charge in [-0.25, -0.2) is 0 Å². The van der Waals surface area contributed by atoms with Gasteiger partial charge in [-0.3, -0.25) is 14.4 Å². The summed E-state index contributed by atoms with van der Waals surface area (Å²) in [5.41, 5.74) is 9.77. The maximum absolute atomic E-state index is 11.0. The molecule has 0 rings (SSSR count). The third-order valence-electron chi connectivity index (χ3n) is 1.43. The van der Waals surface area contributed by atoms with E-state index in [-0.39, 0.29) is 0 Å². The summed E-state index contributed by atoms with van der Waals surface area (Å²) in [6.45, 7) is 3.26. The van der Waals surface area contributed by atoms with Crippen LogP contribution in [0.3, 0.4) is 0 Å². The lowest BCUT2D eigenvalue weighted by Gasteiger charge is -2.07. The van der Waals surface area contributed by atoms with Crippen LogP contribution in [0.1, 0.15) is 0 Å². The maximum Gasteiger partial charge on any atom is 0.244 e. The third-order valence-corrected chi connectivity index (χ3v) is 1.43. The monoisotopic (exact) mass is 223 g/mol. The number of primary amides is 2. The molecule has 0 heterocycles. The van der Waals surface area contributed by atoms with Crippen LogP contribution in [0.15, 0.2) is 37.0 Å². The summed E-state index contributed by atoms with van der Waals surface area (Å²) in [7, 11) is 0. The van der Waals surface area contributed by atoms with Gasteiger partial charge in [-0.2, -0.15) is 0 Å². The molecular formula is C10H13N3O3. The number of hydrogen-bond donors (Lipinski definition) is 3. The molecule has 0 unspecified atom stereocenters. The van der Waals surface area contributed by atoms with E-state index in [1.165, 1.54) is 12.2 Å². The average Bonchev–Trinajstić information content (AvgIpc) is 2.21. The minimum Gasteiger partial charge on any atom is -0.366 e. The van der Waals surface area contributed by atoms with E-state index in [1.54, 1.807) is 0 Å². The minimum atomic E-state index is -0.662. The van der Waals surface area contributed by atoms with Crippen LogP contribution in [-0.2, 0) is 14.4 Å². The average molecular weight is 223 g/mol. The quantitative estimate of drug-likeness (QED) is 0.488. The first-order valence-electron chi connectivity index (χ1n) is 4.34. The van der Waals surface area contributed by atoms with Crippen molar-refractivity contribution in [3.05, 3.63) is 37.0 Å². The van der Waals surface area contributed by atoms with Gasteiger partial charge in [-0.05, 0) is 6.08 Å². The molecule has 3 amide bonds. The van der Waals surface area contributed by atoms with E-state index in [9.17, 15) is 14.4 Å². The summed E-state index contributed by atoms with van der Waals surface area (Å²) in [4.78, 5) is 32.0. The molecule has 0 aliphatic heterocycles. The molecule has 0 aliphatic rings. The van der Waals surface area contributed by atoms with Crippen molar-refractivity contribution in [2.75, 3.05) is 0 Å². The first kappa shape index (κ1) is 13.6. The van der Waals surface area contributed by atoms with Gasteiger partial charge < -0.3 is 16.8 Å². The Labute approximate surface area is 92.7 Å². The van der Waals surface area contributed by atoms with Gasteiger partial charge in [0, 0.05) is 12.2 Å². The maximum atomic E-state index is 11.0. The van der Waals surface area contributed by atoms with E-state index >= 15 is 0 Å². The lowest BCUT2D eigenvalue weighted by molar-refractivity contribution is -0.117. The van der Waals surface area contributed by atoms with E-state index in [2.05, 4.69) is 11.9 Å². The van der Waals surface area contributed by atoms with Crippen molar-refractivity contribution >= 4 is 17.7 Å². The van der Waals surface area contributed by atoms with E-state index < -0.39 is 23.8 Å². The standard InChI is InChI=1S/C10H13N3O3/c1-2-10(16)13-7(3-5-8(11)14)4-6-9(12)15/h2-7H,1H2,(H2,11,14)(H2,12,15)(H,13,16). The van der Waals surface area contributed by atoms with Gasteiger partial charge in [-0.1, -0.05) is 18.7 Å². The normalized spacial score (nSPS) is 12.5. The van der Waals surface area contributed by atoms with Crippen molar-refractivity contribution in [1.29, 1.82) is 0 Å². The van der Waals surface area contributed by atoms with E-state index in [0.29, 0.717) is 0 Å². The predicted octanol–water partition coefficient (Wildman–Crippen LogP) is -1.26. The smallest absolute Gasteiger partial charge is 0.244 e. The molecule has 0 saturated heterocycles. The van der Waals surface area contributed by atoms with Crippen LogP contribution in [0.4, 0.5) is 0 Å². The number of carbonyl (C=O) groups excluding carboxylic acids is 3. The highest BCUT2D eigenvalue weighted by molar-refractivity contribution is 5.89. The summed E-state index contributed by atoms with van der Waals surface area (Å²) >= 11 is 0. The molecule has 0 atom stereocenters. The molecule has 6 nitrogen and oxygen atoms in total. The highest BCUT2D eigenvalue weighted by atomic mass is 16.2. The van der Waals surface area contributed by atoms with Gasteiger partial charge in [-0.15, -0.1) is 0 Å². The second kappa shape index (κ2) is 6.99. The number of hydrogen-bond acceptors (Lipinski definition) is 3. The fraction of sp³-hybridized carbons (Fsp3) is 0.100. The van der Waals surface area contributed by atoms with Gasteiger partial charge in [0.15, 0.2) is 0 Å². The van der Waals surface area contributed by atoms with Crippen molar-refractivity contribution < 1.29 is 14.4 Å². The molecule has 0 saturated carbocycles.